The number of piperidine rings is 1. The number of benzene rings is 1. The van der Waals surface area contributed by atoms with Crippen LogP contribution in [0.3, 0.4) is 0 Å². The summed E-state index contributed by atoms with van der Waals surface area (Å²) in [6.45, 7) is 1.73. The summed E-state index contributed by atoms with van der Waals surface area (Å²) in [5.74, 6) is 0.0585. The molecule has 1 saturated heterocycles. The molecule has 0 bridgehead atoms. The number of para-hydroxylation sites is 1. The van der Waals surface area contributed by atoms with Gasteiger partial charge in [-0.2, -0.15) is 0 Å². The Morgan fingerprint density at radius 3 is 2.88 bits per heavy atom. The highest BCUT2D eigenvalue weighted by atomic mass is 16.3. The number of hydrogen-bond acceptors (Lipinski definition) is 4. The molecule has 0 unspecified atom stereocenters. The standard InChI is InChI=1S/C20H25N3O3/c24-17-7-3-9-20(17)10-4-11-22(13-20)18(25)8-12-23-14-21-16-6-2-1-5-15(16)19(23)26/h1-2,5-6,14,17,24H,3-4,7-13H2/t17-,20+/m1/s1. The van der Waals surface area contributed by atoms with Gasteiger partial charge in [-0.3, -0.25) is 14.2 Å². The molecule has 1 amide bonds. The van der Waals surface area contributed by atoms with Crippen molar-refractivity contribution in [2.45, 2.75) is 51.2 Å². The molecule has 4 rings (SSSR count). The summed E-state index contributed by atoms with van der Waals surface area (Å²) in [4.78, 5) is 31.4. The number of fused-ring (bicyclic) bond motifs is 1. The molecule has 1 spiro atoms. The van der Waals surface area contributed by atoms with E-state index in [2.05, 4.69) is 4.98 Å². The van der Waals surface area contributed by atoms with Gasteiger partial charge in [-0.05, 0) is 37.8 Å². The van der Waals surface area contributed by atoms with E-state index in [1.807, 2.05) is 23.1 Å². The Kier molecular flexibility index (Phi) is 4.53. The first-order valence-corrected chi connectivity index (χ1v) is 9.49. The first-order valence-electron chi connectivity index (χ1n) is 9.49. The number of carbonyl (C=O) groups excluding carboxylic acids is 1. The molecule has 1 aromatic heterocycles. The molecular formula is C20H25N3O3. The van der Waals surface area contributed by atoms with Crippen LogP contribution in [-0.2, 0) is 11.3 Å². The first-order chi connectivity index (χ1) is 12.6. The molecule has 2 fully saturated rings. The van der Waals surface area contributed by atoms with Gasteiger partial charge in [0.25, 0.3) is 5.56 Å². The minimum atomic E-state index is -0.287. The van der Waals surface area contributed by atoms with Crippen molar-refractivity contribution in [1.82, 2.24) is 14.5 Å². The first kappa shape index (κ1) is 17.2. The molecule has 1 aromatic carbocycles. The summed E-state index contributed by atoms with van der Waals surface area (Å²) in [7, 11) is 0. The van der Waals surface area contributed by atoms with Gasteiger partial charge in [0.15, 0.2) is 0 Å². The number of hydrogen-bond donors (Lipinski definition) is 1. The molecule has 1 N–H and O–H groups in total. The normalized spacial score (nSPS) is 25.9. The molecule has 6 heteroatoms. The van der Waals surface area contributed by atoms with Crippen molar-refractivity contribution in [2.75, 3.05) is 13.1 Å². The third-order valence-corrected chi connectivity index (χ3v) is 6.12. The zero-order valence-corrected chi connectivity index (χ0v) is 14.9. The number of carbonyl (C=O) groups is 1. The van der Waals surface area contributed by atoms with Crippen molar-refractivity contribution in [3.8, 4) is 0 Å². The summed E-state index contributed by atoms with van der Waals surface area (Å²) >= 11 is 0. The lowest BCUT2D eigenvalue weighted by molar-refractivity contribution is -0.136. The third kappa shape index (κ3) is 3.03. The van der Waals surface area contributed by atoms with E-state index in [-0.39, 0.29) is 29.4 Å². The Morgan fingerprint density at radius 2 is 2.08 bits per heavy atom. The number of aliphatic hydroxyl groups excluding tert-OH is 1. The Bertz CT molecular complexity index is 878. The zero-order chi connectivity index (χ0) is 18.1. The van der Waals surface area contributed by atoms with Gasteiger partial charge in [-0.15, -0.1) is 0 Å². The number of aliphatic hydroxyl groups is 1. The smallest absolute Gasteiger partial charge is 0.261 e. The molecule has 0 radical (unpaired) electrons. The average molecular weight is 355 g/mol. The fraction of sp³-hybridized carbons (Fsp3) is 0.550. The molecule has 2 aromatic rings. The topological polar surface area (TPSA) is 75.4 Å². The second-order valence-corrected chi connectivity index (χ2v) is 7.70. The highest BCUT2D eigenvalue weighted by Gasteiger charge is 2.45. The average Bonchev–Trinajstić information content (AvgIpc) is 3.01. The Hall–Kier alpha value is -2.21. The highest BCUT2D eigenvalue weighted by Crippen LogP contribution is 2.45. The molecule has 1 aliphatic carbocycles. The number of nitrogens with zero attached hydrogens (tertiary/aromatic N) is 3. The van der Waals surface area contributed by atoms with Gasteiger partial charge in [0.1, 0.15) is 0 Å². The van der Waals surface area contributed by atoms with Crippen LogP contribution in [0.4, 0.5) is 0 Å². The van der Waals surface area contributed by atoms with Crippen molar-refractivity contribution in [1.29, 1.82) is 0 Å². The van der Waals surface area contributed by atoms with E-state index in [4.69, 9.17) is 0 Å². The van der Waals surface area contributed by atoms with Gasteiger partial charge in [-0.25, -0.2) is 4.98 Å². The second-order valence-electron chi connectivity index (χ2n) is 7.70. The van der Waals surface area contributed by atoms with E-state index < -0.39 is 0 Å². The SMILES string of the molecule is O=C(CCn1cnc2ccccc2c1=O)N1CCC[C@@]2(CCC[C@H]2O)C1. The maximum absolute atomic E-state index is 12.7. The lowest BCUT2D eigenvalue weighted by Crippen LogP contribution is -2.49. The molecule has 6 nitrogen and oxygen atoms in total. The molecule has 1 aliphatic heterocycles. The monoisotopic (exact) mass is 355 g/mol. The lowest BCUT2D eigenvalue weighted by Gasteiger charge is -2.42. The van der Waals surface area contributed by atoms with Crippen molar-refractivity contribution in [3.05, 3.63) is 40.9 Å². The van der Waals surface area contributed by atoms with Gasteiger partial charge in [0.05, 0.1) is 23.3 Å². The molecular weight excluding hydrogens is 330 g/mol. The quantitative estimate of drug-likeness (QED) is 0.913. The lowest BCUT2D eigenvalue weighted by atomic mass is 9.76. The van der Waals surface area contributed by atoms with Gasteiger partial charge >= 0.3 is 0 Å². The predicted molar refractivity (Wildman–Crippen MR) is 98.7 cm³/mol. The molecule has 2 heterocycles. The van der Waals surface area contributed by atoms with E-state index in [1.54, 1.807) is 6.07 Å². The minimum absolute atomic E-state index is 0.0585. The zero-order valence-electron chi connectivity index (χ0n) is 14.9. The Labute approximate surface area is 152 Å². The summed E-state index contributed by atoms with van der Waals surface area (Å²) in [6, 6.07) is 7.25. The third-order valence-electron chi connectivity index (χ3n) is 6.12. The van der Waals surface area contributed by atoms with Gasteiger partial charge in [0.2, 0.25) is 5.91 Å². The maximum atomic E-state index is 12.7. The molecule has 26 heavy (non-hydrogen) atoms. The fourth-order valence-corrected chi connectivity index (χ4v) is 4.61. The summed E-state index contributed by atoms with van der Waals surface area (Å²) in [6.07, 6.45) is 6.37. The largest absolute Gasteiger partial charge is 0.392 e. The van der Waals surface area contributed by atoms with Crippen LogP contribution >= 0.6 is 0 Å². The van der Waals surface area contributed by atoms with Crippen molar-refractivity contribution < 1.29 is 9.90 Å². The Balaban J connectivity index is 1.44. The van der Waals surface area contributed by atoms with Crippen LogP contribution in [0.1, 0.15) is 38.5 Å². The van der Waals surface area contributed by atoms with Crippen LogP contribution in [0.5, 0.6) is 0 Å². The Morgan fingerprint density at radius 1 is 1.27 bits per heavy atom. The molecule has 138 valence electrons. The summed E-state index contributed by atoms with van der Waals surface area (Å²) < 4.78 is 1.52. The van der Waals surface area contributed by atoms with E-state index >= 15 is 0 Å². The van der Waals surface area contributed by atoms with Gasteiger partial charge < -0.3 is 10.0 Å². The van der Waals surface area contributed by atoms with Crippen molar-refractivity contribution in [3.63, 3.8) is 0 Å². The number of amides is 1. The summed E-state index contributed by atoms with van der Waals surface area (Å²) in [5, 5.41) is 10.9. The fourth-order valence-electron chi connectivity index (χ4n) is 4.61. The summed E-state index contributed by atoms with van der Waals surface area (Å²) in [5.41, 5.74) is 0.466. The molecule has 2 aliphatic rings. The van der Waals surface area contributed by atoms with E-state index in [0.717, 1.165) is 38.6 Å². The number of likely N-dealkylation sites (tertiary alicyclic amines) is 1. The van der Waals surface area contributed by atoms with Crippen molar-refractivity contribution in [2.24, 2.45) is 5.41 Å². The van der Waals surface area contributed by atoms with Gasteiger partial charge in [-0.1, -0.05) is 18.6 Å². The second kappa shape index (κ2) is 6.83. The molecule has 1 saturated carbocycles. The molecule has 2 atom stereocenters. The highest BCUT2D eigenvalue weighted by molar-refractivity contribution is 5.77. The van der Waals surface area contributed by atoms with Crippen LogP contribution in [-0.4, -0.2) is 44.7 Å². The van der Waals surface area contributed by atoms with E-state index in [0.29, 0.717) is 24.0 Å². The predicted octanol–water partition coefficient (Wildman–Crippen LogP) is 1.94. The van der Waals surface area contributed by atoms with E-state index in [1.165, 1.54) is 10.9 Å². The van der Waals surface area contributed by atoms with Crippen LogP contribution in [0.15, 0.2) is 35.4 Å². The van der Waals surface area contributed by atoms with Crippen LogP contribution in [0.2, 0.25) is 0 Å². The number of aryl methyl sites for hydroxylation is 1. The van der Waals surface area contributed by atoms with E-state index in [9.17, 15) is 14.7 Å². The maximum Gasteiger partial charge on any atom is 0.261 e. The van der Waals surface area contributed by atoms with Crippen LogP contribution in [0.25, 0.3) is 10.9 Å². The van der Waals surface area contributed by atoms with Crippen LogP contribution in [0, 0.1) is 5.41 Å². The number of aromatic nitrogens is 2. The number of rotatable bonds is 3. The van der Waals surface area contributed by atoms with Crippen molar-refractivity contribution >= 4 is 16.8 Å². The van der Waals surface area contributed by atoms with Gasteiger partial charge in [0, 0.05) is 31.5 Å². The van der Waals surface area contributed by atoms with Crippen LogP contribution < -0.4 is 5.56 Å². The minimum Gasteiger partial charge on any atom is -0.392 e.